The van der Waals surface area contributed by atoms with Crippen molar-refractivity contribution in [3.8, 4) is 0 Å². The molecule has 0 radical (unpaired) electrons. The minimum absolute atomic E-state index is 0.126. The second kappa shape index (κ2) is 9.36. The average Bonchev–Trinajstić information content (AvgIpc) is 2.73. The maximum Gasteiger partial charge on any atom is 0.231 e. The largest absolute Gasteiger partial charge is 0.368 e. The van der Waals surface area contributed by atoms with E-state index in [-0.39, 0.29) is 5.91 Å². The number of rotatable bonds is 5. The normalized spacial score (nSPS) is 13.8. The monoisotopic (exact) mass is 457 g/mol. The van der Waals surface area contributed by atoms with Crippen molar-refractivity contribution in [2.45, 2.75) is 6.92 Å². The van der Waals surface area contributed by atoms with Gasteiger partial charge in [-0.25, -0.2) is 9.97 Å². The van der Waals surface area contributed by atoms with Crippen LogP contribution in [0, 0.1) is 0 Å². The third-order valence-corrected chi connectivity index (χ3v) is 5.21. The average molecular weight is 458 g/mol. The number of piperazine rings is 1. The number of nitrogens with zero attached hydrogens (tertiary/aromatic N) is 5. The van der Waals surface area contributed by atoms with Crippen LogP contribution < -0.4 is 20.4 Å². The minimum atomic E-state index is -0.126. The van der Waals surface area contributed by atoms with Crippen molar-refractivity contribution in [3.63, 3.8) is 0 Å². The molecule has 1 aliphatic heterocycles. The summed E-state index contributed by atoms with van der Waals surface area (Å²) in [5.41, 5.74) is 2.48. The molecule has 1 fully saturated rings. The van der Waals surface area contributed by atoms with E-state index >= 15 is 0 Å². The van der Waals surface area contributed by atoms with E-state index < -0.39 is 0 Å². The van der Waals surface area contributed by atoms with Gasteiger partial charge in [0.25, 0.3) is 0 Å². The second-order valence-corrected chi connectivity index (χ2v) is 7.97. The molecule has 0 aliphatic carbocycles. The van der Waals surface area contributed by atoms with Gasteiger partial charge >= 0.3 is 0 Å². The molecule has 4 rings (SSSR count). The lowest BCUT2D eigenvalue weighted by atomic mass is 10.2. The summed E-state index contributed by atoms with van der Waals surface area (Å²) >= 11 is 12.3. The fourth-order valence-corrected chi connectivity index (χ4v) is 3.91. The van der Waals surface area contributed by atoms with E-state index in [4.69, 9.17) is 23.2 Å². The summed E-state index contributed by atoms with van der Waals surface area (Å²) in [4.78, 5) is 28.7. The Morgan fingerprint density at radius 2 is 1.61 bits per heavy atom. The molecule has 8 nitrogen and oxygen atoms in total. The third-order valence-electron chi connectivity index (χ3n) is 4.77. The summed E-state index contributed by atoms with van der Waals surface area (Å²) in [6.07, 6.45) is 1.49. The lowest BCUT2D eigenvalue weighted by Gasteiger charge is -2.36. The first-order chi connectivity index (χ1) is 15.0. The first-order valence-corrected chi connectivity index (χ1v) is 10.5. The summed E-state index contributed by atoms with van der Waals surface area (Å²) in [6.45, 7) is 4.57. The molecule has 160 valence electrons. The molecule has 3 aromatic rings. The zero-order valence-electron chi connectivity index (χ0n) is 16.8. The van der Waals surface area contributed by atoms with E-state index in [2.05, 4.69) is 35.4 Å². The van der Waals surface area contributed by atoms with E-state index in [9.17, 15) is 4.79 Å². The van der Waals surface area contributed by atoms with Gasteiger partial charge in [-0.2, -0.15) is 4.98 Å². The Kier molecular flexibility index (Phi) is 6.39. The molecule has 2 aromatic carbocycles. The van der Waals surface area contributed by atoms with Crippen LogP contribution in [0.4, 0.5) is 29.0 Å². The van der Waals surface area contributed by atoms with Crippen molar-refractivity contribution >= 4 is 58.1 Å². The van der Waals surface area contributed by atoms with Gasteiger partial charge in [0.2, 0.25) is 17.8 Å². The van der Waals surface area contributed by atoms with Crippen molar-refractivity contribution in [1.29, 1.82) is 0 Å². The van der Waals surface area contributed by atoms with Gasteiger partial charge in [-0.15, -0.1) is 0 Å². The van der Waals surface area contributed by atoms with Gasteiger partial charge in [0.15, 0.2) is 0 Å². The fourth-order valence-electron chi connectivity index (χ4n) is 3.39. The van der Waals surface area contributed by atoms with Crippen LogP contribution >= 0.6 is 23.2 Å². The molecule has 0 spiro atoms. The molecule has 0 bridgehead atoms. The predicted molar refractivity (Wildman–Crippen MR) is 125 cm³/mol. The molecule has 1 aliphatic rings. The van der Waals surface area contributed by atoms with Crippen LogP contribution in [-0.2, 0) is 4.79 Å². The van der Waals surface area contributed by atoms with E-state index in [1.165, 1.54) is 13.3 Å². The van der Waals surface area contributed by atoms with Crippen LogP contribution in [0.15, 0.2) is 48.8 Å². The van der Waals surface area contributed by atoms with Gasteiger partial charge in [-0.3, -0.25) is 4.79 Å². The van der Waals surface area contributed by atoms with E-state index in [0.717, 1.165) is 37.6 Å². The van der Waals surface area contributed by atoms with Crippen LogP contribution in [0.5, 0.6) is 0 Å². The topological polar surface area (TPSA) is 86.3 Å². The molecular weight excluding hydrogens is 437 g/mol. The van der Waals surface area contributed by atoms with Crippen molar-refractivity contribution < 1.29 is 4.79 Å². The number of nitrogens with one attached hydrogen (secondary N) is 2. The lowest BCUT2D eigenvalue weighted by Crippen LogP contribution is -2.47. The van der Waals surface area contributed by atoms with Gasteiger partial charge in [0.1, 0.15) is 6.33 Å². The zero-order chi connectivity index (χ0) is 21.8. The Labute approximate surface area is 190 Å². The summed E-state index contributed by atoms with van der Waals surface area (Å²) in [5, 5.41) is 7.17. The Hall–Kier alpha value is -3.10. The molecule has 0 unspecified atom stereocenters. The number of hydrogen-bond acceptors (Lipinski definition) is 7. The summed E-state index contributed by atoms with van der Waals surface area (Å²) in [6, 6.07) is 12.9. The van der Waals surface area contributed by atoms with Crippen molar-refractivity contribution in [3.05, 3.63) is 58.8 Å². The highest BCUT2D eigenvalue weighted by atomic mass is 35.5. The first-order valence-electron chi connectivity index (χ1n) is 9.76. The van der Waals surface area contributed by atoms with Crippen LogP contribution in [0.1, 0.15) is 6.92 Å². The molecule has 0 saturated carbocycles. The number of anilines is 5. The smallest absolute Gasteiger partial charge is 0.231 e. The summed E-state index contributed by atoms with van der Waals surface area (Å²) < 4.78 is 0. The zero-order valence-corrected chi connectivity index (χ0v) is 18.4. The molecule has 10 heteroatoms. The molecule has 1 saturated heterocycles. The Morgan fingerprint density at radius 1 is 0.935 bits per heavy atom. The SMILES string of the molecule is CC(=O)Nc1cccc(Nc2ncnc(N3CCN(c4cc(Cl)cc(Cl)c4)CC3)n2)c1. The van der Waals surface area contributed by atoms with E-state index in [1.807, 2.05) is 36.4 Å². The fraction of sp³-hybridized carbons (Fsp3) is 0.238. The Bertz CT molecular complexity index is 1070. The van der Waals surface area contributed by atoms with E-state index in [1.54, 1.807) is 6.07 Å². The highest BCUT2D eigenvalue weighted by Crippen LogP contribution is 2.27. The molecule has 2 heterocycles. The minimum Gasteiger partial charge on any atom is -0.368 e. The maximum atomic E-state index is 11.3. The number of amides is 1. The first kappa shape index (κ1) is 21.1. The quantitative estimate of drug-likeness (QED) is 0.593. The van der Waals surface area contributed by atoms with Crippen LogP contribution in [0.2, 0.25) is 10.0 Å². The molecule has 2 N–H and O–H groups in total. The van der Waals surface area contributed by atoms with Crippen molar-refractivity contribution in [1.82, 2.24) is 15.0 Å². The number of halogens is 2. The molecule has 1 amide bonds. The summed E-state index contributed by atoms with van der Waals surface area (Å²) in [7, 11) is 0. The van der Waals surface area contributed by atoms with Crippen LogP contribution in [0.25, 0.3) is 0 Å². The molecule has 0 atom stereocenters. The van der Waals surface area contributed by atoms with Gasteiger partial charge < -0.3 is 20.4 Å². The van der Waals surface area contributed by atoms with Crippen LogP contribution in [0.3, 0.4) is 0 Å². The standard InChI is InChI=1S/C21H21Cl2N7O/c1-14(31)26-17-3-2-4-18(12-17)27-20-24-13-25-21(28-20)30-7-5-29(6-8-30)19-10-15(22)9-16(23)11-19/h2-4,9-13H,5-8H2,1H3,(H,26,31)(H,24,25,27,28). The number of benzene rings is 2. The number of carbonyl (C=O) groups is 1. The van der Waals surface area contributed by atoms with Crippen LogP contribution in [-0.4, -0.2) is 47.0 Å². The highest BCUT2D eigenvalue weighted by Gasteiger charge is 2.20. The van der Waals surface area contributed by atoms with Crippen molar-refractivity contribution in [2.24, 2.45) is 0 Å². The Morgan fingerprint density at radius 3 is 2.32 bits per heavy atom. The van der Waals surface area contributed by atoms with E-state index in [0.29, 0.717) is 27.6 Å². The lowest BCUT2D eigenvalue weighted by molar-refractivity contribution is -0.114. The van der Waals surface area contributed by atoms with Gasteiger partial charge in [0.05, 0.1) is 0 Å². The number of hydrogen-bond donors (Lipinski definition) is 2. The Balaban J connectivity index is 1.42. The molecule has 1 aromatic heterocycles. The van der Waals surface area contributed by atoms with Gasteiger partial charge in [0, 0.05) is 60.2 Å². The van der Waals surface area contributed by atoms with Gasteiger partial charge in [-0.1, -0.05) is 29.3 Å². The second-order valence-electron chi connectivity index (χ2n) is 7.10. The third kappa shape index (κ3) is 5.53. The predicted octanol–water partition coefficient (Wildman–Crippen LogP) is 4.21. The number of aromatic nitrogens is 3. The maximum absolute atomic E-state index is 11.3. The van der Waals surface area contributed by atoms with Gasteiger partial charge in [-0.05, 0) is 36.4 Å². The van der Waals surface area contributed by atoms with Crippen molar-refractivity contribution in [2.75, 3.05) is 46.6 Å². The number of carbonyl (C=O) groups excluding carboxylic acids is 1. The molecule has 31 heavy (non-hydrogen) atoms. The summed E-state index contributed by atoms with van der Waals surface area (Å²) in [5.74, 6) is 0.923. The highest BCUT2D eigenvalue weighted by molar-refractivity contribution is 6.35. The molecular formula is C21H21Cl2N7O.